The summed E-state index contributed by atoms with van der Waals surface area (Å²) < 4.78 is 5.08. The Kier molecular flexibility index (Phi) is 4.78. The summed E-state index contributed by atoms with van der Waals surface area (Å²) in [4.78, 5) is 23.5. The number of hydrogen-bond donors (Lipinski definition) is 2. The van der Waals surface area contributed by atoms with Crippen molar-refractivity contribution in [3.05, 3.63) is 71.8 Å². The minimum absolute atomic E-state index is 0.0805. The van der Waals surface area contributed by atoms with Crippen molar-refractivity contribution in [3.8, 4) is 0 Å². The number of aliphatic carboxylic acids is 1. The maximum atomic E-state index is 11.9. The molecule has 0 saturated carbocycles. The maximum Gasteiger partial charge on any atom is 0.408 e. The van der Waals surface area contributed by atoms with Crippen molar-refractivity contribution in [1.29, 1.82) is 0 Å². The molecule has 0 spiro atoms. The van der Waals surface area contributed by atoms with Crippen LogP contribution in [0.1, 0.15) is 18.1 Å². The number of carbonyl (C=O) groups is 2. The summed E-state index contributed by atoms with van der Waals surface area (Å²) in [5.41, 5.74) is -0.247. The summed E-state index contributed by atoms with van der Waals surface area (Å²) in [6.45, 7) is 1.51. The van der Waals surface area contributed by atoms with Gasteiger partial charge in [0.25, 0.3) is 0 Å². The van der Waals surface area contributed by atoms with Gasteiger partial charge in [0.05, 0.1) is 0 Å². The van der Waals surface area contributed by atoms with Gasteiger partial charge in [-0.3, -0.25) is 0 Å². The van der Waals surface area contributed by atoms with Gasteiger partial charge in [0.2, 0.25) is 0 Å². The second-order valence-corrected chi connectivity index (χ2v) is 4.98. The van der Waals surface area contributed by atoms with E-state index in [4.69, 9.17) is 4.74 Å². The van der Waals surface area contributed by atoms with Crippen LogP contribution in [0.25, 0.3) is 0 Å². The maximum absolute atomic E-state index is 11.9. The summed E-state index contributed by atoms with van der Waals surface area (Å²) in [7, 11) is 0. The summed E-state index contributed by atoms with van der Waals surface area (Å²) in [6, 6.07) is 17.7. The lowest BCUT2D eigenvalue weighted by Crippen LogP contribution is -2.49. The molecule has 0 aromatic heterocycles. The molecule has 0 heterocycles. The molecule has 5 heteroatoms. The first-order valence-electron chi connectivity index (χ1n) is 6.80. The number of carboxylic acid groups (broad SMARTS) is 1. The van der Waals surface area contributed by atoms with Crippen LogP contribution in [0.3, 0.4) is 0 Å². The van der Waals surface area contributed by atoms with Gasteiger partial charge in [0.1, 0.15) is 6.61 Å². The summed E-state index contributed by atoms with van der Waals surface area (Å²) in [5.74, 6) is -1.16. The highest BCUT2D eigenvalue weighted by molar-refractivity contribution is 5.85. The van der Waals surface area contributed by atoms with Crippen LogP contribution in [0.15, 0.2) is 60.7 Å². The van der Waals surface area contributed by atoms with Gasteiger partial charge in [-0.25, -0.2) is 9.59 Å². The molecule has 0 aliphatic carbocycles. The third-order valence-electron chi connectivity index (χ3n) is 3.34. The molecular formula is C17H17NO4. The molecule has 0 aliphatic rings. The van der Waals surface area contributed by atoms with Gasteiger partial charge in [-0.05, 0) is 18.1 Å². The molecule has 22 heavy (non-hydrogen) atoms. The molecule has 0 bridgehead atoms. The number of amides is 1. The zero-order valence-electron chi connectivity index (χ0n) is 12.2. The molecule has 2 N–H and O–H groups in total. The van der Waals surface area contributed by atoms with Crippen LogP contribution in [0.2, 0.25) is 0 Å². The third-order valence-corrected chi connectivity index (χ3v) is 3.34. The van der Waals surface area contributed by atoms with E-state index in [0.29, 0.717) is 5.56 Å². The number of alkyl carbamates (subject to hydrolysis) is 1. The van der Waals surface area contributed by atoms with Crippen molar-refractivity contribution < 1.29 is 19.4 Å². The van der Waals surface area contributed by atoms with Gasteiger partial charge in [0, 0.05) is 0 Å². The molecule has 0 aliphatic heterocycles. The Balaban J connectivity index is 2.05. The number of carboxylic acids is 1. The smallest absolute Gasteiger partial charge is 0.408 e. The van der Waals surface area contributed by atoms with Crippen molar-refractivity contribution in [2.75, 3.05) is 0 Å². The second-order valence-electron chi connectivity index (χ2n) is 4.98. The van der Waals surface area contributed by atoms with Crippen molar-refractivity contribution in [2.24, 2.45) is 0 Å². The van der Waals surface area contributed by atoms with E-state index in [2.05, 4.69) is 5.32 Å². The Labute approximate surface area is 128 Å². The van der Waals surface area contributed by atoms with Crippen LogP contribution >= 0.6 is 0 Å². The predicted octanol–water partition coefficient (Wildman–Crippen LogP) is 2.91. The average Bonchev–Trinajstić information content (AvgIpc) is 2.54. The molecule has 1 amide bonds. The van der Waals surface area contributed by atoms with Crippen LogP contribution in [0, 0.1) is 0 Å². The van der Waals surface area contributed by atoms with E-state index >= 15 is 0 Å². The quantitative estimate of drug-likeness (QED) is 0.890. The van der Waals surface area contributed by atoms with Crippen molar-refractivity contribution in [1.82, 2.24) is 5.32 Å². The monoisotopic (exact) mass is 299 g/mol. The molecule has 114 valence electrons. The Bertz CT molecular complexity index is 642. The standard InChI is InChI=1S/C17H17NO4/c1-17(15(19)20,14-10-6-3-7-11-14)18-16(21)22-12-13-8-4-2-5-9-13/h2-11H,12H2,1H3,(H,18,21)(H,19,20)/t17-/m0/s1. The Morgan fingerprint density at radius 3 is 2.14 bits per heavy atom. The fraction of sp³-hybridized carbons (Fsp3) is 0.176. The van der Waals surface area contributed by atoms with Gasteiger partial charge in [-0.15, -0.1) is 0 Å². The zero-order chi connectivity index (χ0) is 16.0. The fourth-order valence-corrected chi connectivity index (χ4v) is 1.98. The average molecular weight is 299 g/mol. The minimum atomic E-state index is -1.55. The first-order chi connectivity index (χ1) is 10.5. The van der Waals surface area contributed by atoms with E-state index in [-0.39, 0.29) is 6.61 Å². The molecular weight excluding hydrogens is 282 g/mol. The lowest BCUT2D eigenvalue weighted by molar-refractivity contribution is -0.144. The van der Waals surface area contributed by atoms with Crippen molar-refractivity contribution in [3.63, 3.8) is 0 Å². The third kappa shape index (κ3) is 3.63. The minimum Gasteiger partial charge on any atom is -0.479 e. The molecule has 0 saturated heterocycles. The molecule has 5 nitrogen and oxygen atoms in total. The van der Waals surface area contributed by atoms with E-state index in [1.165, 1.54) is 6.92 Å². The van der Waals surface area contributed by atoms with Gasteiger partial charge >= 0.3 is 12.1 Å². The topological polar surface area (TPSA) is 75.6 Å². The highest BCUT2D eigenvalue weighted by Crippen LogP contribution is 2.21. The fourth-order valence-electron chi connectivity index (χ4n) is 1.98. The molecule has 0 fully saturated rings. The Hall–Kier alpha value is -2.82. The molecule has 0 radical (unpaired) electrons. The first kappa shape index (κ1) is 15.6. The number of nitrogens with one attached hydrogen (secondary N) is 1. The summed E-state index contributed by atoms with van der Waals surface area (Å²) >= 11 is 0. The number of benzene rings is 2. The molecule has 2 rings (SSSR count). The SMILES string of the molecule is C[C@@](NC(=O)OCc1ccccc1)(C(=O)O)c1ccccc1. The highest BCUT2D eigenvalue weighted by atomic mass is 16.5. The Morgan fingerprint density at radius 2 is 1.59 bits per heavy atom. The van der Waals surface area contributed by atoms with Gasteiger partial charge in [-0.1, -0.05) is 60.7 Å². The highest BCUT2D eigenvalue weighted by Gasteiger charge is 2.37. The molecule has 1 atom stereocenters. The summed E-state index contributed by atoms with van der Waals surface area (Å²) in [6.07, 6.45) is -0.780. The van der Waals surface area contributed by atoms with Gasteiger partial charge in [0.15, 0.2) is 5.54 Å². The van der Waals surface area contributed by atoms with E-state index in [1.54, 1.807) is 30.3 Å². The van der Waals surface area contributed by atoms with Gasteiger partial charge in [-0.2, -0.15) is 0 Å². The van der Waals surface area contributed by atoms with Crippen LogP contribution in [0.5, 0.6) is 0 Å². The van der Waals surface area contributed by atoms with Crippen molar-refractivity contribution >= 4 is 12.1 Å². The first-order valence-corrected chi connectivity index (χ1v) is 6.80. The van der Waals surface area contributed by atoms with E-state index in [9.17, 15) is 14.7 Å². The van der Waals surface area contributed by atoms with Gasteiger partial charge < -0.3 is 15.2 Å². The predicted molar refractivity (Wildman–Crippen MR) is 81.2 cm³/mol. The van der Waals surface area contributed by atoms with E-state index in [1.807, 2.05) is 30.3 Å². The van der Waals surface area contributed by atoms with Crippen LogP contribution in [-0.2, 0) is 21.7 Å². The lowest BCUT2D eigenvalue weighted by atomic mass is 9.92. The number of hydrogen-bond acceptors (Lipinski definition) is 3. The molecule has 2 aromatic carbocycles. The Morgan fingerprint density at radius 1 is 1.05 bits per heavy atom. The van der Waals surface area contributed by atoms with Crippen molar-refractivity contribution in [2.45, 2.75) is 19.1 Å². The van der Waals surface area contributed by atoms with Crippen LogP contribution < -0.4 is 5.32 Å². The van der Waals surface area contributed by atoms with E-state index < -0.39 is 17.6 Å². The van der Waals surface area contributed by atoms with Crippen LogP contribution in [-0.4, -0.2) is 17.2 Å². The second kappa shape index (κ2) is 6.76. The number of carbonyl (C=O) groups excluding carboxylic acids is 1. The van der Waals surface area contributed by atoms with E-state index in [0.717, 1.165) is 5.56 Å². The largest absolute Gasteiger partial charge is 0.479 e. The number of rotatable bonds is 5. The number of ether oxygens (including phenoxy) is 1. The van der Waals surface area contributed by atoms with Crippen LogP contribution in [0.4, 0.5) is 4.79 Å². The molecule has 2 aromatic rings. The normalized spacial score (nSPS) is 13.0. The molecule has 0 unspecified atom stereocenters. The summed E-state index contributed by atoms with van der Waals surface area (Å²) in [5, 5.41) is 11.9. The lowest BCUT2D eigenvalue weighted by Gasteiger charge is -2.26. The zero-order valence-corrected chi connectivity index (χ0v) is 12.2.